The summed E-state index contributed by atoms with van der Waals surface area (Å²) in [7, 11) is 1.91. The molecule has 0 aliphatic carbocycles. The first-order chi connectivity index (χ1) is 13.8. The molecule has 2 aliphatic rings. The summed E-state index contributed by atoms with van der Waals surface area (Å²) in [5, 5.41) is 8.45. The van der Waals surface area contributed by atoms with E-state index in [1.165, 1.54) is 4.57 Å². The number of ether oxygens (including phenoxy) is 2. The van der Waals surface area contributed by atoms with Crippen molar-refractivity contribution in [2.24, 2.45) is 0 Å². The van der Waals surface area contributed by atoms with Gasteiger partial charge in [0.2, 0.25) is 5.43 Å². The van der Waals surface area contributed by atoms with E-state index in [0.29, 0.717) is 26.2 Å². The summed E-state index contributed by atoms with van der Waals surface area (Å²) in [6.45, 7) is 2.48. The molecule has 0 spiro atoms. The molecule has 4 rings (SSSR count). The van der Waals surface area contributed by atoms with Crippen LogP contribution in [0.2, 0.25) is 0 Å². The monoisotopic (exact) mass is 410 g/mol. The lowest BCUT2D eigenvalue weighted by Crippen LogP contribution is -2.45. The Morgan fingerprint density at radius 3 is 2.45 bits per heavy atom. The van der Waals surface area contributed by atoms with Crippen LogP contribution < -0.4 is 20.8 Å². The number of hydrogen-bond donors (Lipinski definition) is 2. The van der Waals surface area contributed by atoms with Crippen molar-refractivity contribution in [2.45, 2.75) is 6.04 Å². The van der Waals surface area contributed by atoms with Crippen molar-refractivity contribution in [3.05, 3.63) is 28.1 Å². The molecule has 3 heterocycles. The third-order valence-electron chi connectivity index (χ3n) is 5.36. The minimum absolute atomic E-state index is 0.186. The first-order valence-electron chi connectivity index (χ1n) is 9.07. The predicted octanol–water partition coefficient (Wildman–Crippen LogP) is 1.24. The Balaban J connectivity index is 1.99. The second-order valence-corrected chi connectivity index (χ2v) is 7.19. The summed E-state index contributed by atoms with van der Waals surface area (Å²) < 4.78 is 41.8. The second kappa shape index (κ2) is 7.16. The Hall–Kier alpha value is -2.92. The summed E-state index contributed by atoms with van der Waals surface area (Å²) in [6, 6.07) is -0.367. The fraction of sp³-hybridized carbons (Fsp3) is 0.444. The summed E-state index contributed by atoms with van der Waals surface area (Å²) in [6.07, 6.45) is -0.605. The molecule has 0 atom stereocenters. The van der Waals surface area contributed by atoms with Crippen LogP contribution in [0.1, 0.15) is 6.04 Å². The van der Waals surface area contributed by atoms with Crippen LogP contribution in [0.15, 0.2) is 11.0 Å². The van der Waals surface area contributed by atoms with Gasteiger partial charge in [0.1, 0.15) is 5.69 Å². The van der Waals surface area contributed by atoms with Crippen molar-refractivity contribution in [3.8, 4) is 5.75 Å². The van der Waals surface area contributed by atoms with Gasteiger partial charge in [-0.1, -0.05) is 0 Å². The normalized spacial score (nSPS) is 18.1. The Kier molecular flexibility index (Phi) is 4.79. The highest BCUT2D eigenvalue weighted by Crippen LogP contribution is 2.38. The first kappa shape index (κ1) is 19.4. The standard InChI is InChI=1S/C18H20F2N4O5/c1-22-2-4-23(5-3-22)16-12(19)14(21)11-15(13(16)20)24(9-7-28-8-9)6-10(17(11)25)29-18(26)27/h6,9H,2-5,7-8,21H2,1H3,(H,26,27). The van der Waals surface area contributed by atoms with E-state index in [2.05, 4.69) is 4.74 Å². The van der Waals surface area contributed by atoms with Crippen molar-refractivity contribution in [3.63, 3.8) is 0 Å². The number of anilines is 2. The van der Waals surface area contributed by atoms with Crippen LogP contribution >= 0.6 is 0 Å². The number of piperazine rings is 1. The van der Waals surface area contributed by atoms with Crippen LogP contribution in [0.25, 0.3) is 10.9 Å². The van der Waals surface area contributed by atoms with E-state index in [1.54, 1.807) is 4.90 Å². The van der Waals surface area contributed by atoms with Crippen LogP contribution in [-0.4, -0.2) is 67.2 Å². The molecular formula is C18H20F2N4O5. The Morgan fingerprint density at radius 2 is 1.90 bits per heavy atom. The summed E-state index contributed by atoms with van der Waals surface area (Å²) in [4.78, 5) is 27.3. The van der Waals surface area contributed by atoms with E-state index in [9.17, 15) is 9.59 Å². The molecule has 1 aromatic heterocycles. The molecule has 3 N–H and O–H groups in total. The minimum atomic E-state index is -1.72. The molecule has 0 bridgehead atoms. The number of carboxylic acid groups (broad SMARTS) is 1. The van der Waals surface area contributed by atoms with E-state index in [1.807, 2.05) is 11.9 Å². The SMILES string of the molecule is CN1CCN(c2c(F)c(N)c3c(=O)c(OC(=O)O)cn(C4COC4)c3c2F)CC1. The molecule has 0 amide bonds. The zero-order chi connectivity index (χ0) is 20.9. The number of fused-ring (bicyclic) bond motifs is 1. The van der Waals surface area contributed by atoms with Gasteiger partial charge in [0.05, 0.1) is 42.0 Å². The smallest absolute Gasteiger partial charge is 0.449 e. The second-order valence-electron chi connectivity index (χ2n) is 7.19. The fourth-order valence-corrected chi connectivity index (χ4v) is 3.67. The molecule has 0 radical (unpaired) electrons. The van der Waals surface area contributed by atoms with Crippen LogP contribution in [0.3, 0.4) is 0 Å². The predicted molar refractivity (Wildman–Crippen MR) is 101 cm³/mol. The van der Waals surface area contributed by atoms with Crippen LogP contribution in [0.5, 0.6) is 5.75 Å². The summed E-state index contributed by atoms with van der Waals surface area (Å²) in [5.74, 6) is -2.53. The molecule has 156 valence electrons. The lowest BCUT2D eigenvalue weighted by molar-refractivity contribution is -0.0219. The number of carbonyl (C=O) groups is 1. The van der Waals surface area contributed by atoms with E-state index in [0.717, 1.165) is 6.20 Å². The Morgan fingerprint density at radius 1 is 1.24 bits per heavy atom. The third-order valence-corrected chi connectivity index (χ3v) is 5.36. The number of halogens is 2. The van der Waals surface area contributed by atoms with E-state index in [4.69, 9.17) is 15.6 Å². The number of aromatic nitrogens is 1. The molecule has 2 aromatic rings. The maximum atomic E-state index is 15.6. The highest BCUT2D eigenvalue weighted by molar-refractivity contribution is 5.96. The number of nitrogen functional groups attached to an aromatic ring is 1. The Bertz CT molecular complexity index is 1050. The van der Waals surface area contributed by atoms with Gasteiger partial charge in [0, 0.05) is 26.2 Å². The van der Waals surface area contributed by atoms with Crippen molar-refractivity contribution >= 4 is 28.4 Å². The van der Waals surface area contributed by atoms with Gasteiger partial charge < -0.3 is 34.7 Å². The van der Waals surface area contributed by atoms with Gasteiger partial charge in [-0.15, -0.1) is 0 Å². The van der Waals surface area contributed by atoms with Gasteiger partial charge in [-0.25, -0.2) is 13.6 Å². The molecule has 2 fully saturated rings. The van der Waals surface area contributed by atoms with Gasteiger partial charge in [0.25, 0.3) is 0 Å². The summed E-state index contributed by atoms with van der Waals surface area (Å²) >= 11 is 0. The van der Waals surface area contributed by atoms with Gasteiger partial charge in [0.15, 0.2) is 17.4 Å². The minimum Gasteiger partial charge on any atom is -0.449 e. The zero-order valence-electron chi connectivity index (χ0n) is 15.7. The Labute approximate surface area is 163 Å². The quantitative estimate of drug-likeness (QED) is 0.575. The lowest BCUT2D eigenvalue weighted by Gasteiger charge is -2.35. The number of nitrogens with two attached hydrogens (primary N) is 1. The maximum Gasteiger partial charge on any atom is 0.511 e. The number of hydrogen-bond acceptors (Lipinski definition) is 7. The third kappa shape index (κ3) is 3.15. The topological polar surface area (TPSA) is 110 Å². The van der Waals surface area contributed by atoms with Crippen molar-refractivity contribution in [1.29, 1.82) is 0 Å². The van der Waals surface area contributed by atoms with Crippen LogP contribution in [0.4, 0.5) is 25.0 Å². The average molecular weight is 410 g/mol. The maximum absolute atomic E-state index is 15.6. The molecule has 11 heteroatoms. The van der Waals surface area contributed by atoms with Crippen LogP contribution in [-0.2, 0) is 4.74 Å². The molecular weight excluding hydrogens is 390 g/mol. The first-order valence-corrected chi connectivity index (χ1v) is 9.07. The van der Waals surface area contributed by atoms with Crippen molar-refractivity contribution in [2.75, 3.05) is 57.1 Å². The average Bonchev–Trinajstić information content (AvgIpc) is 2.62. The molecule has 2 saturated heterocycles. The zero-order valence-corrected chi connectivity index (χ0v) is 15.7. The number of pyridine rings is 1. The molecule has 0 unspecified atom stereocenters. The molecule has 29 heavy (non-hydrogen) atoms. The van der Waals surface area contributed by atoms with Gasteiger partial charge in [-0.05, 0) is 7.05 Å². The largest absolute Gasteiger partial charge is 0.511 e. The van der Waals surface area contributed by atoms with Gasteiger partial charge in [-0.3, -0.25) is 4.79 Å². The molecule has 9 nitrogen and oxygen atoms in total. The highest BCUT2D eigenvalue weighted by atomic mass is 19.1. The van der Waals surface area contributed by atoms with E-state index in [-0.39, 0.29) is 30.5 Å². The summed E-state index contributed by atoms with van der Waals surface area (Å²) in [5.41, 5.74) is 3.93. The van der Waals surface area contributed by atoms with Gasteiger partial charge >= 0.3 is 6.16 Å². The number of rotatable bonds is 3. The van der Waals surface area contributed by atoms with Gasteiger partial charge in [-0.2, -0.15) is 0 Å². The number of benzene rings is 1. The highest BCUT2D eigenvalue weighted by Gasteiger charge is 2.32. The van der Waals surface area contributed by atoms with E-state index < -0.39 is 40.0 Å². The molecule has 0 saturated carbocycles. The van der Waals surface area contributed by atoms with Crippen molar-refractivity contribution < 1.29 is 28.2 Å². The van der Waals surface area contributed by atoms with Crippen LogP contribution in [0, 0.1) is 11.6 Å². The fourth-order valence-electron chi connectivity index (χ4n) is 3.67. The number of likely N-dealkylation sites (N-methyl/N-ethyl adjacent to an activating group) is 1. The van der Waals surface area contributed by atoms with E-state index >= 15 is 8.78 Å². The molecule has 1 aromatic carbocycles. The lowest BCUT2D eigenvalue weighted by atomic mass is 10.1. The van der Waals surface area contributed by atoms with Crippen molar-refractivity contribution in [1.82, 2.24) is 9.47 Å². The number of nitrogens with zero attached hydrogens (tertiary/aromatic N) is 3. The molecule has 2 aliphatic heterocycles.